The first-order valence-corrected chi connectivity index (χ1v) is 6.67. The summed E-state index contributed by atoms with van der Waals surface area (Å²) in [6.07, 6.45) is 4.06. The van der Waals surface area contributed by atoms with Gasteiger partial charge in [-0.3, -0.25) is 10.1 Å². The van der Waals surface area contributed by atoms with Crippen molar-refractivity contribution in [3.8, 4) is 0 Å². The molecule has 0 aliphatic heterocycles. The maximum absolute atomic E-state index is 10.8. The van der Waals surface area contributed by atoms with Crippen LogP contribution in [0.3, 0.4) is 0 Å². The lowest BCUT2D eigenvalue weighted by atomic mass is 9.85. The van der Waals surface area contributed by atoms with E-state index in [9.17, 15) is 15.2 Å². The van der Waals surface area contributed by atoms with Crippen LogP contribution in [0.15, 0.2) is 12.1 Å². The standard InChI is InChI=1S/C12H16ClN3O3/c13-11-5-9(16(18)19)6-12(15-11)14-10-4-2-1-3-8(10)7-17/h5-6,8,10,17H,1-4,7H2,(H,14,15). The van der Waals surface area contributed by atoms with Gasteiger partial charge in [-0.15, -0.1) is 0 Å². The summed E-state index contributed by atoms with van der Waals surface area (Å²) in [5, 5.41) is 23.4. The smallest absolute Gasteiger partial charge is 0.276 e. The number of pyridine rings is 1. The minimum absolute atomic E-state index is 0.0844. The van der Waals surface area contributed by atoms with Gasteiger partial charge in [0.15, 0.2) is 0 Å². The molecule has 0 amide bonds. The third-order valence-electron chi connectivity index (χ3n) is 3.47. The van der Waals surface area contributed by atoms with Crippen molar-refractivity contribution in [1.29, 1.82) is 0 Å². The minimum Gasteiger partial charge on any atom is -0.396 e. The van der Waals surface area contributed by atoms with Crippen LogP contribution in [0.2, 0.25) is 5.15 Å². The highest BCUT2D eigenvalue weighted by Crippen LogP contribution is 2.28. The zero-order valence-corrected chi connectivity index (χ0v) is 11.1. The van der Waals surface area contributed by atoms with Gasteiger partial charge in [-0.1, -0.05) is 24.4 Å². The molecule has 0 spiro atoms. The van der Waals surface area contributed by atoms with E-state index in [0.717, 1.165) is 25.7 Å². The average molecular weight is 286 g/mol. The molecule has 1 aliphatic rings. The molecule has 2 atom stereocenters. The van der Waals surface area contributed by atoms with Crippen LogP contribution < -0.4 is 5.32 Å². The van der Waals surface area contributed by atoms with E-state index in [1.807, 2.05) is 0 Å². The molecule has 6 nitrogen and oxygen atoms in total. The highest BCUT2D eigenvalue weighted by Gasteiger charge is 2.25. The van der Waals surface area contributed by atoms with Crippen molar-refractivity contribution in [3.05, 3.63) is 27.4 Å². The van der Waals surface area contributed by atoms with Gasteiger partial charge in [-0.05, 0) is 12.8 Å². The van der Waals surface area contributed by atoms with Gasteiger partial charge in [-0.25, -0.2) is 4.98 Å². The normalized spacial score (nSPS) is 23.1. The fourth-order valence-corrected chi connectivity index (χ4v) is 2.67. The van der Waals surface area contributed by atoms with Gasteiger partial charge in [0, 0.05) is 18.6 Å². The van der Waals surface area contributed by atoms with E-state index in [2.05, 4.69) is 10.3 Å². The van der Waals surface area contributed by atoms with Crippen molar-refractivity contribution in [2.24, 2.45) is 5.92 Å². The summed E-state index contributed by atoms with van der Waals surface area (Å²) in [6, 6.07) is 2.68. The third kappa shape index (κ3) is 3.54. The summed E-state index contributed by atoms with van der Waals surface area (Å²) in [5.41, 5.74) is -0.0844. The molecule has 0 saturated heterocycles. The predicted molar refractivity (Wildman–Crippen MR) is 72.4 cm³/mol. The maximum Gasteiger partial charge on any atom is 0.276 e. The monoisotopic (exact) mass is 285 g/mol. The number of anilines is 1. The summed E-state index contributed by atoms with van der Waals surface area (Å²) in [4.78, 5) is 14.3. The highest BCUT2D eigenvalue weighted by atomic mass is 35.5. The van der Waals surface area contributed by atoms with Gasteiger partial charge in [0.05, 0.1) is 17.1 Å². The quantitative estimate of drug-likeness (QED) is 0.504. The van der Waals surface area contributed by atoms with Crippen LogP contribution in [0, 0.1) is 16.0 Å². The predicted octanol–water partition coefficient (Wildman–Crippen LogP) is 2.61. The molecule has 0 aromatic carbocycles. The number of aliphatic hydroxyl groups excluding tert-OH is 1. The fourth-order valence-electron chi connectivity index (χ4n) is 2.47. The number of hydrogen-bond donors (Lipinski definition) is 2. The van der Waals surface area contributed by atoms with E-state index in [4.69, 9.17) is 11.6 Å². The van der Waals surface area contributed by atoms with Crippen LogP contribution in [0.5, 0.6) is 0 Å². The molecule has 0 radical (unpaired) electrons. The Kier molecular flexibility index (Phi) is 4.55. The van der Waals surface area contributed by atoms with Crippen molar-refractivity contribution in [1.82, 2.24) is 4.98 Å². The zero-order chi connectivity index (χ0) is 13.8. The number of nitrogens with one attached hydrogen (secondary N) is 1. The van der Waals surface area contributed by atoms with Crippen molar-refractivity contribution in [2.75, 3.05) is 11.9 Å². The number of rotatable bonds is 4. The topological polar surface area (TPSA) is 88.3 Å². The molecule has 1 heterocycles. The molecule has 2 unspecified atom stereocenters. The zero-order valence-electron chi connectivity index (χ0n) is 10.4. The number of aliphatic hydroxyl groups is 1. The lowest BCUT2D eigenvalue weighted by Gasteiger charge is -2.31. The number of nitro groups is 1. The van der Waals surface area contributed by atoms with E-state index in [-0.39, 0.29) is 29.4 Å². The second-order valence-electron chi connectivity index (χ2n) is 4.77. The van der Waals surface area contributed by atoms with Crippen LogP contribution in [0.25, 0.3) is 0 Å². The minimum atomic E-state index is -0.497. The SMILES string of the molecule is O=[N+]([O-])c1cc(Cl)nc(NC2CCCCC2CO)c1. The Labute approximate surface area is 116 Å². The first-order valence-electron chi connectivity index (χ1n) is 6.29. The molecule has 1 aromatic rings. The summed E-state index contributed by atoms with van der Waals surface area (Å²) in [6.45, 7) is 0.111. The molecule has 1 saturated carbocycles. The lowest BCUT2D eigenvalue weighted by Crippen LogP contribution is -2.34. The Hall–Kier alpha value is -1.40. The second-order valence-corrected chi connectivity index (χ2v) is 5.16. The molecule has 1 aromatic heterocycles. The van der Waals surface area contributed by atoms with Gasteiger partial charge < -0.3 is 10.4 Å². The molecular formula is C12H16ClN3O3. The fraction of sp³-hybridized carbons (Fsp3) is 0.583. The third-order valence-corrected chi connectivity index (χ3v) is 3.66. The van der Waals surface area contributed by atoms with Gasteiger partial charge in [0.2, 0.25) is 0 Å². The molecule has 2 rings (SSSR count). The first-order chi connectivity index (χ1) is 9.10. The van der Waals surface area contributed by atoms with Crippen LogP contribution >= 0.6 is 11.6 Å². The average Bonchev–Trinajstić information content (AvgIpc) is 2.38. The Morgan fingerprint density at radius 2 is 2.21 bits per heavy atom. The molecule has 104 valence electrons. The van der Waals surface area contributed by atoms with Crippen LogP contribution in [-0.2, 0) is 0 Å². The number of hydrogen-bond acceptors (Lipinski definition) is 5. The number of nitrogens with zero attached hydrogens (tertiary/aromatic N) is 2. The van der Waals surface area contributed by atoms with E-state index in [1.54, 1.807) is 0 Å². The molecular weight excluding hydrogens is 270 g/mol. The largest absolute Gasteiger partial charge is 0.396 e. The van der Waals surface area contributed by atoms with Crippen molar-refractivity contribution in [3.63, 3.8) is 0 Å². The van der Waals surface area contributed by atoms with E-state index >= 15 is 0 Å². The molecule has 1 fully saturated rings. The first kappa shape index (κ1) is 14.0. The molecule has 0 bridgehead atoms. The molecule has 1 aliphatic carbocycles. The Morgan fingerprint density at radius 1 is 1.47 bits per heavy atom. The number of aromatic nitrogens is 1. The summed E-state index contributed by atoms with van der Waals surface area (Å²) in [7, 11) is 0. The van der Waals surface area contributed by atoms with E-state index < -0.39 is 4.92 Å². The van der Waals surface area contributed by atoms with Crippen LogP contribution in [0.1, 0.15) is 25.7 Å². The summed E-state index contributed by atoms with van der Waals surface area (Å²) in [5.74, 6) is 0.554. The van der Waals surface area contributed by atoms with E-state index in [1.165, 1.54) is 12.1 Å². The molecule has 2 N–H and O–H groups in total. The van der Waals surface area contributed by atoms with Crippen LogP contribution in [0.4, 0.5) is 11.5 Å². The molecule has 7 heteroatoms. The Bertz CT molecular complexity index is 470. The van der Waals surface area contributed by atoms with Gasteiger partial charge >= 0.3 is 0 Å². The van der Waals surface area contributed by atoms with E-state index in [0.29, 0.717) is 5.82 Å². The van der Waals surface area contributed by atoms with Crippen LogP contribution in [-0.4, -0.2) is 27.7 Å². The summed E-state index contributed by atoms with van der Waals surface area (Å²) >= 11 is 5.78. The highest BCUT2D eigenvalue weighted by molar-refractivity contribution is 6.29. The Morgan fingerprint density at radius 3 is 2.89 bits per heavy atom. The molecule has 19 heavy (non-hydrogen) atoms. The maximum atomic E-state index is 10.8. The van der Waals surface area contributed by atoms with Crippen molar-refractivity contribution >= 4 is 23.1 Å². The van der Waals surface area contributed by atoms with Crippen molar-refractivity contribution < 1.29 is 10.0 Å². The van der Waals surface area contributed by atoms with Gasteiger partial charge in [-0.2, -0.15) is 0 Å². The lowest BCUT2D eigenvalue weighted by molar-refractivity contribution is -0.384. The second kappa shape index (κ2) is 6.16. The summed E-state index contributed by atoms with van der Waals surface area (Å²) < 4.78 is 0. The Balaban J connectivity index is 2.15. The number of halogens is 1. The van der Waals surface area contributed by atoms with Gasteiger partial charge in [0.25, 0.3) is 5.69 Å². The van der Waals surface area contributed by atoms with Crippen molar-refractivity contribution in [2.45, 2.75) is 31.7 Å². The van der Waals surface area contributed by atoms with Gasteiger partial charge in [0.1, 0.15) is 11.0 Å².